The monoisotopic (exact) mass is 270 g/mol. The number of anilines is 1. The lowest BCUT2D eigenvalue weighted by molar-refractivity contribution is 0.102. The van der Waals surface area contributed by atoms with Crippen molar-refractivity contribution < 1.29 is 4.79 Å². The van der Waals surface area contributed by atoms with E-state index in [2.05, 4.69) is 17.2 Å². The van der Waals surface area contributed by atoms with E-state index in [0.29, 0.717) is 5.69 Å². The number of nitrogens with one attached hydrogen (secondary N) is 2. The number of carbonyl (C=O) groups excluding carboxylic acids is 1. The van der Waals surface area contributed by atoms with Crippen molar-refractivity contribution in [3.05, 3.63) is 52.5 Å². The van der Waals surface area contributed by atoms with Gasteiger partial charge in [-0.05, 0) is 54.6 Å². The van der Waals surface area contributed by atoms with Crippen LogP contribution in [-0.2, 0) is 0 Å². The summed E-state index contributed by atoms with van der Waals surface area (Å²) in [4.78, 5) is 15.3. The standard InChI is InChI=1S/C15H14N2OS/c1-9-3-4-11(7-10(9)2)16-15(18)13-8-14-12(17-13)5-6-19-14/h3-8,17H,1-2H3,(H,16,18). The van der Waals surface area contributed by atoms with Gasteiger partial charge in [0.15, 0.2) is 0 Å². The summed E-state index contributed by atoms with van der Waals surface area (Å²) in [5.74, 6) is -0.105. The minimum absolute atomic E-state index is 0.105. The Bertz CT molecular complexity index is 726. The smallest absolute Gasteiger partial charge is 0.272 e. The number of amides is 1. The highest BCUT2D eigenvalue weighted by molar-refractivity contribution is 7.17. The predicted molar refractivity (Wildman–Crippen MR) is 80.0 cm³/mol. The zero-order chi connectivity index (χ0) is 13.4. The molecule has 0 bridgehead atoms. The third kappa shape index (κ3) is 2.27. The lowest BCUT2D eigenvalue weighted by Gasteiger charge is -2.06. The molecule has 0 unspecified atom stereocenters. The molecule has 0 atom stereocenters. The Morgan fingerprint density at radius 3 is 2.74 bits per heavy atom. The van der Waals surface area contributed by atoms with Crippen LogP contribution in [0.1, 0.15) is 21.6 Å². The van der Waals surface area contributed by atoms with Gasteiger partial charge in [-0.3, -0.25) is 4.79 Å². The van der Waals surface area contributed by atoms with Crippen LogP contribution in [0.3, 0.4) is 0 Å². The van der Waals surface area contributed by atoms with Gasteiger partial charge in [-0.1, -0.05) is 6.07 Å². The van der Waals surface area contributed by atoms with Crippen LogP contribution < -0.4 is 5.32 Å². The summed E-state index contributed by atoms with van der Waals surface area (Å²) in [6, 6.07) is 9.78. The molecule has 3 nitrogen and oxygen atoms in total. The number of benzene rings is 1. The Morgan fingerprint density at radius 1 is 1.16 bits per heavy atom. The fraction of sp³-hybridized carbons (Fsp3) is 0.133. The van der Waals surface area contributed by atoms with Crippen LogP contribution in [0.2, 0.25) is 0 Å². The number of aromatic nitrogens is 1. The van der Waals surface area contributed by atoms with E-state index in [9.17, 15) is 4.79 Å². The molecular formula is C15H14N2OS. The molecule has 1 amide bonds. The summed E-state index contributed by atoms with van der Waals surface area (Å²) in [5.41, 5.74) is 4.82. The maximum Gasteiger partial charge on any atom is 0.272 e. The molecule has 0 saturated heterocycles. The van der Waals surface area contributed by atoms with Crippen molar-refractivity contribution in [2.24, 2.45) is 0 Å². The average Bonchev–Trinajstić information content (AvgIpc) is 2.94. The topological polar surface area (TPSA) is 44.9 Å². The van der Waals surface area contributed by atoms with Gasteiger partial charge in [-0.2, -0.15) is 0 Å². The van der Waals surface area contributed by atoms with Crippen molar-refractivity contribution in [1.29, 1.82) is 0 Å². The van der Waals surface area contributed by atoms with E-state index in [1.54, 1.807) is 11.3 Å². The van der Waals surface area contributed by atoms with E-state index in [1.165, 1.54) is 11.1 Å². The molecule has 0 saturated carbocycles. The van der Waals surface area contributed by atoms with Crippen LogP contribution in [0.4, 0.5) is 5.69 Å². The molecule has 0 aliphatic carbocycles. The molecule has 19 heavy (non-hydrogen) atoms. The summed E-state index contributed by atoms with van der Waals surface area (Å²) in [6.45, 7) is 4.09. The van der Waals surface area contributed by atoms with E-state index in [1.807, 2.05) is 42.6 Å². The fourth-order valence-electron chi connectivity index (χ4n) is 1.99. The lowest BCUT2D eigenvalue weighted by Crippen LogP contribution is -2.12. The molecule has 0 radical (unpaired) electrons. The van der Waals surface area contributed by atoms with Gasteiger partial charge in [-0.25, -0.2) is 0 Å². The minimum Gasteiger partial charge on any atom is -0.350 e. The first-order valence-corrected chi connectivity index (χ1v) is 6.96. The fourth-order valence-corrected chi connectivity index (χ4v) is 2.77. The number of hydrogen-bond acceptors (Lipinski definition) is 2. The molecular weight excluding hydrogens is 256 g/mol. The van der Waals surface area contributed by atoms with Gasteiger partial charge < -0.3 is 10.3 Å². The molecule has 1 aromatic carbocycles. The molecule has 3 aromatic rings. The molecule has 2 heterocycles. The zero-order valence-corrected chi connectivity index (χ0v) is 11.6. The lowest BCUT2D eigenvalue weighted by atomic mass is 10.1. The quantitative estimate of drug-likeness (QED) is 0.723. The summed E-state index contributed by atoms with van der Waals surface area (Å²) in [5, 5.41) is 4.92. The van der Waals surface area contributed by atoms with E-state index < -0.39 is 0 Å². The first-order chi connectivity index (χ1) is 9.13. The van der Waals surface area contributed by atoms with E-state index >= 15 is 0 Å². The molecule has 96 valence electrons. The van der Waals surface area contributed by atoms with Crippen LogP contribution >= 0.6 is 11.3 Å². The second kappa shape index (κ2) is 4.55. The van der Waals surface area contributed by atoms with Crippen LogP contribution in [0.15, 0.2) is 35.7 Å². The largest absolute Gasteiger partial charge is 0.350 e. The molecule has 0 spiro atoms. The average molecular weight is 270 g/mol. The van der Waals surface area contributed by atoms with Gasteiger partial charge in [0.05, 0.1) is 10.2 Å². The number of aromatic amines is 1. The maximum absolute atomic E-state index is 12.1. The van der Waals surface area contributed by atoms with Crippen molar-refractivity contribution in [3.8, 4) is 0 Å². The normalized spacial score (nSPS) is 10.8. The highest BCUT2D eigenvalue weighted by Crippen LogP contribution is 2.22. The van der Waals surface area contributed by atoms with Crippen LogP contribution in [-0.4, -0.2) is 10.9 Å². The molecule has 2 aromatic heterocycles. The zero-order valence-electron chi connectivity index (χ0n) is 10.8. The molecule has 0 aliphatic heterocycles. The summed E-state index contributed by atoms with van der Waals surface area (Å²) >= 11 is 1.63. The van der Waals surface area contributed by atoms with E-state index in [0.717, 1.165) is 15.9 Å². The van der Waals surface area contributed by atoms with Crippen LogP contribution in [0.25, 0.3) is 10.2 Å². The predicted octanol–water partition coefficient (Wildman–Crippen LogP) is 4.10. The minimum atomic E-state index is -0.105. The number of hydrogen-bond donors (Lipinski definition) is 2. The molecule has 4 heteroatoms. The molecule has 0 aliphatic rings. The number of aryl methyl sites for hydroxylation is 2. The molecule has 2 N–H and O–H groups in total. The Kier molecular flexibility index (Phi) is 2.87. The van der Waals surface area contributed by atoms with Crippen molar-refractivity contribution in [2.75, 3.05) is 5.32 Å². The first kappa shape index (κ1) is 12.0. The SMILES string of the molecule is Cc1ccc(NC(=O)c2cc3sccc3[nH]2)cc1C. The number of thiophene rings is 1. The summed E-state index contributed by atoms with van der Waals surface area (Å²) < 4.78 is 1.10. The van der Waals surface area contributed by atoms with Crippen molar-refractivity contribution in [1.82, 2.24) is 4.98 Å². The number of H-pyrrole nitrogens is 1. The molecule has 0 fully saturated rings. The van der Waals surface area contributed by atoms with Crippen molar-refractivity contribution in [3.63, 3.8) is 0 Å². The second-order valence-electron chi connectivity index (χ2n) is 4.63. The van der Waals surface area contributed by atoms with E-state index in [4.69, 9.17) is 0 Å². The van der Waals surface area contributed by atoms with Gasteiger partial charge in [0.1, 0.15) is 5.69 Å². The van der Waals surface area contributed by atoms with Crippen molar-refractivity contribution in [2.45, 2.75) is 13.8 Å². The Morgan fingerprint density at radius 2 is 2.00 bits per heavy atom. The first-order valence-electron chi connectivity index (χ1n) is 6.08. The van der Waals surface area contributed by atoms with Gasteiger partial charge in [0.2, 0.25) is 0 Å². The highest BCUT2D eigenvalue weighted by Gasteiger charge is 2.10. The number of rotatable bonds is 2. The Hall–Kier alpha value is -2.07. The number of carbonyl (C=O) groups is 1. The third-order valence-corrected chi connectivity index (χ3v) is 4.11. The number of fused-ring (bicyclic) bond motifs is 1. The molecule has 3 rings (SSSR count). The van der Waals surface area contributed by atoms with Gasteiger partial charge in [0.25, 0.3) is 5.91 Å². The Labute approximate surface area is 115 Å². The van der Waals surface area contributed by atoms with E-state index in [-0.39, 0.29) is 5.91 Å². The second-order valence-corrected chi connectivity index (χ2v) is 5.58. The van der Waals surface area contributed by atoms with Crippen LogP contribution in [0, 0.1) is 13.8 Å². The maximum atomic E-state index is 12.1. The summed E-state index contributed by atoms with van der Waals surface area (Å²) in [6.07, 6.45) is 0. The van der Waals surface area contributed by atoms with Gasteiger partial charge in [0, 0.05) is 5.69 Å². The van der Waals surface area contributed by atoms with Gasteiger partial charge in [-0.15, -0.1) is 11.3 Å². The van der Waals surface area contributed by atoms with Crippen LogP contribution in [0.5, 0.6) is 0 Å². The Balaban J connectivity index is 1.84. The summed E-state index contributed by atoms with van der Waals surface area (Å²) in [7, 11) is 0. The van der Waals surface area contributed by atoms with Crippen molar-refractivity contribution >= 4 is 33.1 Å². The third-order valence-electron chi connectivity index (χ3n) is 3.25. The highest BCUT2D eigenvalue weighted by atomic mass is 32.1. The van der Waals surface area contributed by atoms with Gasteiger partial charge >= 0.3 is 0 Å².